The number of nitrogens with one attached hydrogen (secondary N) is 1. The van der Waals surface area contributed by atoms with Crippen molar-refractivity contribution in [1.29, 1.82) is 0 Å². The highest BCUT2D eigenvalue weighted by Gasteiger charge is 2.48. The van der Waals surface area contributed by atoms with Crippen molar-refractivity contribution in [3.8, 4) is 0 Å². The normalized spacial score (nSPS) is 22.4. The standard InChI is InChI=1S/C16H24F3N3O3/c1-10(2)12(14(24)21-7-3-4-8-21)20-13(23)11-6-5-9-22(11)15(25)16(17,18)19/h10-12H,3-9H2,1-2H3,(H,20,23)/t11?,12-/m1/s1. The third-order valence-corrected chi connectivity index (χ3v) is 4.71. The van der Waals surface area contributed by atoms with Gasteiger partial charge in [0.25, 0.3) is 0 Å². The summed E-state index contributed by atoms with van der Waals surface area (Å²) in [6.45, 7) is 4.68. The summed E-state index contributed by atoms with van der Waals surface area (Å²) in [5.41, 5.74) is 0. The number of halogens is 3. The summed E-state index contributed by atoms with van der Waals surface area (Å²) >= 11 is 0. The fourth-order valence-corrected chi connectivity index (χ4v) is 3.34. The summed E-state index contributed by atoms with van der Waals surface area (Å²) in [4.78, 5) is 38.8. The predicted octanol–water partition coefficient (Wildman–Crippen LogP) is 1.30. The molecule has 2 saturated heterocycles. The molecule has 9 heteroatoms. The summed E-state index contributed by atoms with van der Waals surface area (Å²) < 4.78 is 38.0. The molecule has 3 amide bonds. The molecule has 0 aromatic rings. The molecule has 2 fully saturated rings. The number of rotatable bonds is 4. The highest BCUT2D eigenvalue weighted by Crippen LogP contribution is 2.26. The SMILES string of the molecule is CC(C)[C@@H](NC(=O)C1CCCN1C(=O)C(F)(F)F)C(=O)N1CCCC1. The maximum absolute atomic E-state index is 12.7. The van der Waals surface area contributed by atoms with Gasteiger partial charge in [-0.3, -0.25) is 14.4 Å². The maximum atomic E-state index is 12.7. The van der Waals surface area contributed by atoms with E-state index in [2.05, 4.69) is 5.32 Å². The van der Waals surface area contributed by atoms with Crippen LogP contribution in [0.25, 0.3) is 0 Å². The molecule has 2 aliphatic heterocycles. The van der Waals surface area contributed by atoms with E-state index in [9.17, 15) is 27.6 Å². The third-order valence-electron chi connectivity index (χ3n) is 4.71. The van der Waals surface area contributed by atoms with Crippen molar-refractivity contribution in [2.45, 2.75) is 57.8 Å². The quantitative estimate of drug-likeness (QED) is 0.819. The van der Waals surface area contributed by atoms with Crippen molar-refractivity contribution in [1.82, 2.24) is 15.1 Å². The lowest BCUT2D eigenvalue weighted by Crippen LogP contribution is -2.56. The Kier molecular flexibility index (Phi) is 5.95. The van der Waals surface area contributed by atoms with Gasteiger partial charge in [-0.05, 0) is 31.6 Å². The van der Waals surface area contributed by atoms with Crippen LogP contribution in [0.3, 0.4) is 0 Å². The highest BCUT2D eigenvalue weighted by molar-refractivity contribution is 5.93. The van der Waals surface area contributed by atoms with Crippen LogP contribution >= 0.6 is 0 Å². The summed E-state index contributed by atoms with van der Waals surface area (Å²) in [5.74, 6) is -3.11. The zero-order valence-corrected chi connectivity index (χ0v) is 14.4. The van der Waals surface area contributed by atoms with E-state index in [0.29, 0.717) is 24.4 Å². The fraction of sp³-hybridized carbons (Fsp3) is 0.812. The highest BCUT2D eigenvalue weighted by atomic mass is 19.4. The minimum Gasteiger partial charge on any atom is -0.342 e. The minimum atomic E-state index is -5.01. The molecule has 0 radical (unpaired) electrons. The molecule has 2 heterocycles. The van der Waals surface area contributed by atoms with Crippen LogP contribution in [0.2, 0.25) is 0 Å². The smallest absolute Gasteiger partial charge is 0.342 e. The zero-order valence-electron chi connectivity index (χ0n) is 14.4. The molecule has 1 unspecified atom stereocenters. The number of carbonyl (C=O) groups is 3. The van der Waals surface area contributed by atoms with Crippen molar-refractivity contribution in [2.24, 2.45) is 5.92 Å². The number of carbonyl (C=O) groups excluding carboxylic acids is 3. The second-order valence-electron chi connectivity index (χ2n) is 6.92. The Morgan fingerprint density at radius 2 is 1.64 bits per heavy atom. The molecule has 25 heavy (non-hydrogen) atoms. The molecule has 0 saturated carbocycles. The Morgan fingerprint density at radius 3 is 2.16 bits per heavy atom. The van der Waals surface area contributed by atoms with Crippen LogP contribution in [0.15, 0.2) is 0 Å². The van der Waals surface area contributed by atoms with E-state index >= 15 is 0 Å². The lowest BCUT2D eigenvalue weighted by molar-refractivity contribution is -0.186. The summed E-state index contributed by atoms with van der Waals surface area (Å²) in [5, 5.41) is 2.58. The zero-order chi connectivity index (χ0) is 18.8. The topological polar surface area (TPSA) is 69.7 Å². The van der Waals surface area contributed by atoms with E-state index in [1.807, 2.05) is 0 Å². The number of amides is 3. The molecule has 2 aliphatic rings. The Balaban J connectivity index is 2.07. The fourth-order valence-electron chi connectivity index (χ4n) is 3.34. The Labute approximate surface area is 144 Å². The third kappa shape index (κ3) is 4.43. The van der Waals surface area contributed by atoms with Crippen LogP contribution < -0.4 is 5.32 Å². The number of nitrogens with zero attached hydrogens (tertiary/aromatic N) is 2. The van der Waals surface area contributed by atoms with Crippen LogP contribution in [0.1, 0.15) is 39.5 Å². The van der Waals surface area contributed by atoms with Crippen molar-refractivity contribution in [3.63, 3.8) is 0 Å². The summed E-state index contributed by atoms with van der Waals surface area (Å²) in [6, 6.07) is -1.98. The van der Waals surface area contributed by atoms with Gasteiger partial charge in [-0.2, -0.15) is 13.2 Å². The first-order valence-corrected chi connectivity index (χ1v) is 8.60. The maximum Gasteiger partial charge on any atom is 0.471 e. The van der Waals surface area contributed by atoms with E-state index in [-0.39, 0.29) is 24.8 Å². The number of hydrogen-bond donors (Lipinski definition) is 1. The molecule has 142 valence electrons. The van der Waals surface area contributed by atoms with Crippen molar-refractivity contribution in [2.75, 3.05) is 19.6 Å². The average Bonchev–Trinajstić information content (AvgIpc) is 3.20. The van der Waals surface area contributed by atoms with Crippen LogP contribution in [0, 0.1) is 5.92 Å². The van der Waals surface area contributed by atoms with E-state index in [1.165, 1.54) is 0 Å². The molecule has 0 aliphatic carbocycles. The van der Waals surface area contributed by atoms with Crippen LogP contribution in [0.5, 0.6) is 0 Å². The Hall–Kier alpha value is -1.80. The van der Waals surface area contributed by atoms with Crippen molar-refractivity contribution in [3.05, 3.63) is 0 Å². The first-order chi connectivity index (χ1) is 11.6. The van der Waals surface area contributed by atoms with E-state index in [4.69, 9.17) is 0 Å². The van der Waals surface area contributed by atoms with Gasteiger partial charge in [0.2, 0.25) is 11.8 Å². The Bertz CT molecular complexity index is 530. The van der Waals surface area contributed by atoms with Gasteiger partial charge in [0.15, 0.2) is 0 Å². The summed E-state index contributed by atoms with van der Waals surface area (Å²) in [6.07, 6.45) is -2.71. The monoisotopic (exact) mass is 363 g/mol. The van der Waals surface area contributed by atoms with E-state index < -0.39 is 30.1 Å². The number of alkyl halides is 3. The molecule has 0 aromatic heterocycles. The van der Waals surface area contributed by atoms with Gasteiger partial charge in [0.05, 0.1) is 0 Å². The van der Waals surface area contributed by atoms with E-state index in [0.717, 1.165) is 12.8 Å². The minimum absolute atomic E-state index is 0.108. The van der Waals surface area contributed by atoms with Crippen molar-refractivity contribution >= 4 is 17.7 Å². The van der Waals surface area contributed by atoms with Crippen LogP contribution in [-0.4, -0.2) is 65.4 Å². The lowest BCUT2D eigenvalue weighted by atomic mass is 10.0. The number of hydrogen-bond acceptors (Lipinski definition) is 3. The molecule has 0 spiro atoms. The molecular weight excluding hydrogens is 339 g/mol. The lowest BCUT2D eigenvalue weighted by Gasteiger charge is -2.30. The van der Waals surface area contributed by atoms with E-state index in [1.54, 1.807) is 18.7 Å². The molecule has 1 N–H and O–H groups in total. The van der Waals surface area contributed by atoms with Gasteiger partial charge in [0, 0.05) is 19.6 Å². The second kappa shape index (κ2) is 7.61. The van der Waals surface area contributed by atoms with Gasteiger partial charge in [-0.15, -0.1) is 0 Å². The first kappa shape index (κ1) is 19.5. The average molecular weight is 363 g/mol. The van der Waals surface area contributed by atoms with Crippen LogP contribution in [-0.2, 0) is 14.4 Å². The summed E-state index contributed by atoms with van der Waals surface area (Å²) in [7, 11) is 0. The molecule has 6 nitrogen and oxygen atoms in total. The van der Waals surface area contributed by atoms with Gasteiger partial charge >= 0.3 is 12.1 Å². The first-order valence-electron chi connectivity index (χ1n) is 8.60. The van der Waals surface area contributed by atoms with Gasteiger partial charge in [-0.25, -0.2) is 0 Å². The molecule has 2 rings (SSSR count). The predicted molar refractivity (Wildman–Crippen MR) is 83.4 cm³/mol. The van der Waals surface area contributed by atoms with Gasteiger partial charge in [0.1, 0.15) is 12.1 Å². The molecular formula is C16H24F3N3O3. The molecule has 0 bridgehead atoms. The van der Waals surface area contributed by atoms with Crippen molar-refractivity contribution < 1.29 is 27.6 Å². The largest absolute Gasteiger partial charge is 0.471 e. The molecule has 0 aromatic carbocycles. The molecule has 2 atom stereocenters. The Morgan fingerprint density at radius 1 is 1.04 bits per heavy atom. The van der Waals surface area contributed by atoms with Gasteiger partial charge < -0.3 is 15.1 Å². The number of likely N-dealkylation sites (tertiary alicyclic amines) is 2. The van der Waals surface area contributed by atoms with Crippen LogP contribution in [0.4, 0.5) is 13.2 Å². The van der Waals surface area contributed by atoms with Gasteiger partial charge in [-0.1, -0.05) is 13.8 Å². The second-order valence-corrected chi connectivity index (χ2v) is 6.92.